The van der Waals surface area contributed by atoms with Crippen molar-refractivity contribution in [3.63, 3.8) is 0 Å². The zero-order valence-corrected chi connectivity index (χ0v) is 15.6. The quantitative estimate of drug-likeness (QED) is 0.419. The normalized spacial score (nSPS) is 18.4. The third-order valence-corrected chi connectivity index (χ3v) is 5.39. The van der Waals surface area contributed by atoms with Crippen LogP contribution in [0.1, 0.15) is 30.1 Å². The first kappa shape index (κ1) is 20.3. The fraction of sp³-hybridized carbons (Fsp3) is 0.412. The maximum absolute atomic E-state index is 12.4. The predicted octanol–water partition coefficient (Wildman–Crippen LogP) is 3.06. The lowest BCUT2D eigenvalue weighted by atomic mass is 10.1. The number of halogens is 3. The van der Waals surface area contributed by atoms with Crippen molar-refractivity contribution in [2.75, 3.05) is 13.3 Å². The first-order valence-corrected chi connectivity index (χ1v) is 9.80. The van der Waals surface area contributed by atoms with Gasteiger partial charge >= 0.3 is 21.6 Å². The first-order valence-electron chi connectivity index (χ1n) is 8.39. The highest BCUT2D eigenvalue weighted by atomic mass is 32.2. The second-order valence-electron chi connectivity index (χ2n) is 6.40. The van der Waals surface area contributed by atoms with Crippen molar-refractivity contribution in [3.05, 3.63) is 35.9 Å². The number of nitrogens with zero attached hydrogens (tertiary/aromatic N) is 2. The predicted molar refractivity (Wildman–Crippen MR) is 93.0 cm³/mol. The Kier molecular flexibility index (Phi) is 5.48. The molecule has 1 atom stereocenters. The van der Waals surface area contributed by atoms with E-state index < -0.39 is 27.5 Å². The van der Waals surface area contributed by atoms with E-state index in [1.54, 1.807) is 0 Å². The molecule has 0 spiro atoms. The Hall–Kier alpha value is -2.40. The number of ether oxygens (including phenoxy) is 1. The molecule has 0 aliphatic carbocycles. The highest BCUT2D eigenvalue weighted by molar-refractivity contribution is 7.87. The van der Waals surface area contributed by atoms with Crippen molar-refractivity contribution in [2.45, 2.75) is 31.3 Å². The van der Waals surface area contributed by atoms with E-state index in [1.807, 2.05) is 4.90 Å². The topological polar surface area (TPSA) is 85.8 Å². The molecule has 1 saturated heterocycles. The van der Waals surface area contributed by atoms with Gasteiger partial charge in [-0.25, -0.2) is 9.78 Å². The first-order chi connectivity index (χ1) is 13.1. The number of aromatic nitrogens is 1. The monoisotopic (exact) mass is 418 g/mol. The summed E-state index contributed by atoms with van der Waals surface area (Å²) in [6, 6.07) is 6.86. The molecule has 28 heavy (non-hydrogen) atoms. The molecule has 11 heteroatoms. The van der Waals surface area contributed by atoms with Crippen LogP contribution in [0.5, 0.6) is 5.88 Å². The van der Waals surface area contributed by atoms with E-state index >= 15 is 0 Å². The summed E-state index contributed by atoms with van der Waals surface area (Å²) in [4.78, 5) is 18.0. The number of benzene rings is 1. The van der Waals surface area contributed by atoms with E-state index in [0.717, 1.165) is 25.5 Å². The minimum atomic E-state index is -5.80. The van der Waals surface area contributed by atoms with E-state index in [1.165, 1.54) is 24.3 Å². The van der Waals surface area contributed by atoms with Crippen LogP contribution in [0.4, 0.5) is 13.2 Å². The number of esters is 1. The molecule has 0 amide bonds. The van der Waals surface area contributed by atoms with Crippen LogP contribution in [-0.4, -0.2) is 49.1 Å². The van der Waals surface area contributed by atoms with E-state index in [-0.39, 0.29) is 17.8 Å². The average Bonchev–Trinajstić information content (AvgIpc) is 3.03. The Morgan fingerprint density at radius 1 is 1.29 bits per heavy atom. The summed E-state index contributed by atoms with van der Waals surface area (Å²) in [6.45, 7) is 3.10. The Morgan fingerprint density at radius 3 is 2.68 bits per heavy atom. The minimum absolute atomic E-state index is 0.166. The summed E-state index contributed by atoms with van der Waals surface area (Å²) >= 11 is 0. The number of pyridine rings is 1. The van der Waals surface area contributed by atoms with Gasteiger partial charge in [0.25, 0.3) is 0 Å². The highest BCUT2D eigenvalue weighted by Gasteiger charge is 2.48. The van der Waals surface area contributed by atoms with Gasteiger partial charge in [-0.1, -0.05) is 0 Å². The summed E-state index contributed by atoms with van der Waals surface area (Å²) in [5.41, 5.74) is -5.14. The molecule has 0 bridgehead atoms. The molecule has 152 valence electrons. The molecular formula is C17H17F3N2O5S. The number of hydrogen-bond acceptors (Lipinski definition) is 7. The van der Waals surface area contributed by atoms with Gasteiger partial charge in [-0.3, -0.25) is 4.90 Å². The third kappa shape index (κ3) is 4.36. The average molecular weight is 418 g/mol. The largest absolute Gasteiger partial charge is 0.534 e. The van der Waals surface area contributed by atoms with Crippen LogP contribution >= 0.6 is 0 Å². The van der Waals surface area contributed by atoms with Gasteiger partial charge in [-0.15, -0.1) is 0 Å². The Balaban J connectivity index is 1.73. The van der Waals surface area contributed by atoms with Gasteiger partial charge in [0.1, 0.15) is 6.73 Å². The number of rotatable bonds is 5. The smallest absolute Gasteiger partial charge is 0.446 e. The lowest BCUT2D eigenvalue weighted by molar-refractivity contribution is -0.0501. The molecule has 2 heterocycles. The van der Waals surface area contributed by atoms with Crippen LogP contribution in [0.2, 0.25) is 0 Å². The number of carbonyl (C=O) groups excluding carboxylic acids is 1. The number of carbonyl (C=O) groups is 1. The van der Waals surface area contributed by atoms with Gasteiger partial charge in [0.15, 0.2) is 0 Å². The second kappa shape index (κ2) is 7.55. The van der Waals surface area contributed by atoms with Crippen LogP contribution in [0.3, 0.4) is 0 Å². The van der Waals surface area contributed by atoms with E-state index in [2.05, 4.69) is 16.1 Å². The van der Waals surface area contributed by atoms with Crippen LogP contribution in [0, 0.1) is 0 Å². The summed E-state index contributed by atoms with van der Waals surface area (Å²) in [5.74, 6) is -1.26. The standard InChI is InChI=1S/C17H17F3N2O5S/c1-11-3-2-8-22(11)10-26-16(23)13-4-6-14-12(9-13)5-7-15(21-14)27-28(24,25)17(18,19)20/h4-7,9,11H,2-3,8,10H2,1H3/t11-/m0/s1. The molecule has 1 aliphatic rings. The lowest BCUT2D eigenvalue weighted by Gasteiger charge is -2.20. The minimum Gasteiger partial charge on any atom is -0.446 e. The van der Waals surface area contributed by atoms with Crippen molar-refractivity contribution >= 4 is 27.0 Å². The molecule has 0 radical (unpaired) electrons. The molecule has 1 aliphatic heterocycles. The number of hydrogen-bond donors (Lipinski definition) is 0. The number of likely N-dealkylation sites (tertiary alicyclic amines) is 1. The van der Waals surface area contributed by atoms with E-state index in [4.69, 9.17) is 4.74 Å². The molecule has 2 aromatic rings. The summed E-state index contributed by atoms with van der Waals surface area (Å²) in [7, 11) is -5.80. The molecule has 7 nitrogen and oxygen atoms in total. The molecule has 3 rings (SSSR count). The fourth-order valence-electron chi connectivity index (χ4n) is 2.85. The zero-order valence-electron chi connectivity index (χ0n) is 14.8. The van der Waals surface area contributed by atoms with Crippen molar-refractivity contribution in [3.8, 4) is 5.88 Å². The van der Waals surface area contributed by atoms with Crippen molar-refractivity contribution < 1.29 is 35.3 Å². The van der Waals surface area contributed by atoms with Crippen molar-refractivity contribution in [2.24, 2.45) is 0 Å². The van der Waals surface area contributed by atoms with Crippen molar-refractivity contribution in [1.29, 1.82) is 0 Å². The van der Waals surface area contributed by atoms with Gasteiger partial charge < -0.3 is 8.92 Å². The summed E-state index contributed by atoms with van der Waals surface area (Å²) in [6.07, 6.45) is 2.10. The van der Waals surface area contributed by atoms with E-state index in [9.17, 15) is 26.4 Å². The van der Waals surface area contributed by atoms with Crippen LogP contribution in [0.25, 0.3) is 10.9 Å². The highest BCUT2D eigenvalue weighted by Crippen LogP contribution is 2.27. The summed E-state index contributed by atoms with van der Waals surface area (Å²) in [5, 5.41) is 0.417. The van der Waals surface area contributed by atoms with Crippen LogP contribution in [0.15, 0.2) is 30.3 Å². The molecule has 0 unspecified atom stereocenters. The van der Waals surface area contributed by atoms with Gasteiger partial charge in [-0.05, 0) is 44.0 Å². The van der Waals surface area contributed by atoms with Crippen LogP contribution in [-0.2, 0) is 14.9 Å². The van der Waals surface area contributed by atoms with E-state index in [0.29, 0.717) is 11.4 Å². The Bertz CT molecular complexity index is 994. The number of alkyl halides is 3. The molecule has 1 aromatic carbocycles. The molecule has 0 saturated carbocycles. The molecule has 1 fully saturated rings. The lowest BCUT2D eigenvalue weighted by Crippen LogP contribution is -2.30. The molecule has 1 aromatic heterocycles. The molecule has 0 N–H and O–H groups in total. The van der Waals surface area contributed by atoms with Crippen LogP contribution < -0.4 is 4.18 Å². The maximum atomic E-state index is 12.4. The van der Waals surface area contributed by atoms with Gasteiger partial charge in [0, 0.05) is 24.0 Å². The SMILES string of the molecule is C[C@H]1CCCN1COC(=O)c1ccc2nc(OS(=O)(=O)C(F)(F)F)ccc2c1. The second-order valence-corrected chi connectivity index (χ2v) is 7.94. The Morgan fingerprint density at radius 2 is 2.04 bits per heavy atom. The van der Waals surface area contributed by atoms with Gasteiger partial charge in [0.05, 0.1) is 11.1 Å². The third-order valence-electron chi connectivity index (χ3n) is 4.43. The van der Waals surface area contributed by atoms with Gasteiger partial charge in [-0.2, -0.15) is 21.6 Å². The molecular weight excluding hydrogens is 401 g/mol. The fourth-order valence-corrected chi connectivity index (χ4v) is 3.26. The van der Waals surface area contributed by atoms with Gasteiger partial charge in [0.2, 0.25) is 5.88 Å². The Labute approximate surface area is 159 Å². The summed E-state index contributed by atoms with van der Waals surface area (Å²) < 4.78 is 68.6. The zero-order chi connectivity index (χ0) is 20.5. The maximum Gasteiger partial charge on any atom is 0.534 e. The number of fused-ring (bicyclic) bond motifs is 1. The van der Waals surface area contributed by atoms with Crippen molar-refractivity contribution in [1.82, 2.24) is 9.88 Å².